The molecule has 0 aliphatic heterocycles. The molecule has 0 bridgehead atoms. The number of nitrogens with zero attached hydrogens (tertiary/aromatic N) is 1. The van der Waals surface area contributed by atoms with Crippen LogP contribution in [-0.4, -0.2) is 29.9 Å². The van der Waals surface area contributed by atoms with Gasteiger partial charge in [-0.25, -0.2) is 4.98 Å². The zero-order valence-electron chi connectivity index (χ0n) is 15.7. The van der Waals surface area contributed by atoms with Crippen LogP contribution in [0.4, 0.5) is 5.69 Å². The van der Waals surface area contributed by atoms with Crippen LogP contribution in [-0.2, 0) is 9.59 Å². The van der Waals surface area contributed by atoms with Gasteiger partial charge in [0.25, 0.3) is 0 Å². The Labute approximate surface area is 158 Å². The van der Waals surface area contributed by atoms with E-state index in [0.717, 1.165) is 12.8 Å². The number of oxazole rings is 1. The van der Waals surface area contributed by atoms with Crippen LogP contribution in [0.15, 0.2) is 35.2 Å². The molecule has 2 N–H and O–H groups in total. The molecule has 2 amide bonds. The molecule has 0 saturated heterocycles. The average Bonchev–Trinajstić information content (AvgIpc) is 3.23. The Morgan fingerprint density at radius 1 is 1.22 bits per heavy atom. The Bertz CT molecular complexity index is 783. The minimum atomic E-state index is -0.688. The third kappa shape index (κ3) is 4.67. The lowest BCUT2D eigenvalue weighted by Crippen LogP contribution is -2.44. The van der Waals surface area contributed by atoms with E-state index in [1.54, 1.807) is 24.4 Å². The lowest BCUT2D eigenvalue weighted by atomic mass is 9.84. The Morgan fingerprint density at radius 3 is 2.67 bits per heavy atom. The highest BCUT2D eigenvalue weighted by atomic mass is 16.5. The van der Waals surface area contributed by atoms with Gasteiger partial charge in [-0.1, -0.05) is 19.3 Å². The maximum Gasteiger partial charge on any atom is 0.313 e. The summed E-state index contributed by atoms with van der Waals surface area (Å²) >= 11 is 0. The molecule has 1 saturated carbocycles. The van der Waals surface area contributed by atoms with Crippen LogP contribution >= 0.6 is 0 Å². The van der Waals surface area contributed by atoms with E-state index in [9.17, 15) is 9.59 Å². The van der Waals surface area contributed by atoms with E-state index in [2.05, 4.69) is 15.6 Å². The molecular weight excluding hydrogens is 346 g/mol. The maximum absolute atomic E-state index is 12.3. The molecule has 1 fully saturated rings. The Kier molecular flexibility index (Phi) is 6.11. The number of anilines is 1. The van der Waals surface area contributed by atoms with Crippen LogP contribution in [0.25, 0.3) is 11.3 Å². The van der Waals surface area contributed by atoms with E-state index >= 15 is 0 Å². The first kappa shape index (κ1) is 18.9. The SMILES string of the molecule is COc1cc(NC(=O)C(=O)NC(C)C2CCCCC2)ccc1-c1cnco1. The summed E-state index contributed by atoms with van der Waals surface area (Å²) in [4.78, 5) is 28.4. The molecule has 1 aromatic heterocycles. The molecule has 144 valence electrons. The predicted octanol–water partition coefficient (Wildman–Crippen LogP) is 3.37. The second kappa shape index (κ2) is 8.70. The van der Waals surface area contributed by atoms with Crippen molar-refractivity contribution >= 4 is 17.5 Å². The topological polar surface area (TPSA) is 93.5 Å². The molecule has 1 unspecified atom stereocenters. The number of amides is 2. The lowest BCUT2D eigenvalue weighted by molar-refractivity contribution is -0.136. The molecule has 1 atom stereocenters. The molecule has 7 heteroatoms. The molecule has 7 nitrogen and oxygen atoms in total. The van der Waals surface area contributed by atoms with Gasteiger partial charge in [0.1, 0.15) is 5.75 Å². The molecule has 0 spiro atoms. The lowest BCUT2D eigenvalue weighted by Gasteiger charge is -2.28. The number of aromatic nitrogens is 1. The third-order valence-corrected chi connectivity index (χ3v) is 5.08. The molecule has 27 heavy (non-hydrogen) atoms. The van der Waals surface area contributed by atoms with Crippen molar-refractivity contribution in [3.05, 3.63) is 30.8 Å². The van der Waals surface area contributed by atoms with Crippen LogP contribution in [0.3, 0.4) is 0 Å². The smallest absolute Gasteiger partial charge is 0.313 e. The largest absolute Gasteiger partial charge is 0.496 e. The van der Waals surface area contributed by atoms with Crippen molar-refractivity contribution in [3.8, 4) is 17.1 Å². The normalized spacial score (nSPS) is 15.8. The summed E-state index contributed by atoms with van der Waals surface area (Å²) in [6, 6.07) is 5.08. The minimum Gasteiger partial charge on any atom is -0.496 e. The molecule has 1 aromatic carbocycles. The van der Waals surface area contributed by atoms with Crippen molar-refractivity contribution in [3.63, 3.8) is 0 Å². The highest BCUT2D eigenvalue weighted by Gasteiger charge is 2.24. The van der Waals surface area contributed by atoms with Gasteiger partial charge in [-0.2, -0.15) is 0 Å². The summed E-state index contributed by atoms with van der Waals surface area (Å²) in [6.07, 6.45) is 8.75. The number of methoxy groups -OCH3 is 1. The summed E-state index contributed by atoms with van der Waals surface area (Å²) in [7, 11) is 1.53. The van der Waals surface area contributed by atoms with E-state index < -0.39 is 11.8 Å². The summed E-state index contributed by atoms with van der Waals surface area (Å²) in [5, 5.41) is 5.45. The third-order valence-electron chi connectivity index (χ3n) is 5.08. The summed E-state index contributed by atoms with van der Waals surface area (Å²) in [5.74, 6) is 0.208. The average molecular weight is 371 g/mol. The van der Waals surface area contributed by atoms with Gasteiger partial charge in [-0.15, -0.1) is 0 Å². The quantitative estimate of drug-likeness (QED) is 0.786. The van der Waals surface area contributed by atoms with Gasteiger partial charge in [-0.3, -0.25) is 9.59 Å². The van der Waals surface area contributed by atoms with Gasteiger partial charge in [-0.05, 0) is 37.8 Å². The molecule has 1 aliphatic rings. The molecule has 1 heterocycles. The monoisotopic (exact) mass is 371 g/mol. The number of hydrogen-bond donors (Lipinski definition) is 2. The molecule has 3 rings (SSSR count). The number of rotatable bonds is 5. The summed E-state index contributed by atoms with van der Waals surface area (Å²) in [5.41, 5.74) is 1.18. The summed E-state index contributed by atoms with van der Waals surface area (Å²) in [6.45, 7) is 1.97. The number of nitrogens with one attached hydrogen (secondary N) is 2. The van der Waals surface area contributed by atoms with Gasteiger partial charge < -0.3 is 19.8 Å². The Morgan fingerprint density at radius 2 is 2.00 bits per heavy atom. The van der Waals surface area contributed by atoms with Gasteiger partial charge in [0.2, 0.25) is 0 Å². The number of carbonyl (C=O) groups is 2. The van der Waals surface area contributed by atoms with Crippen molar-refractivity contribution in [2.45, 2.75) is 45.1 Å². The van der Waals surface area contributed by atoms with Crippen LogP contribution in [0.1, 0.15) is 39.0 Å². The highest BCUT2D eigenvalue weighted by Crippen LogP contribution is 2.32. The van der Waals surface area contributed by atoms with E-state index in [-0.39, 0.29) is 6.04 Å². The van der Waals surface area contributed by atoms with E-state index in [0.29, 0.717) is 28.7 Å². The number of hydrogen-bond acceptors (Lipinski definition) is 5. The zero-order valence-corrected chi connectivity index (χ0v) is 15.7. The fraction of sp³-hybridized carbons (Fsp3) is 0.450. The predicted molar refractivity (Wildman–Crippen MR) is 101 cm³/mol. The van der Waals surface area contributed by atoms with E-state index in [1.807, 2.05) is 6.92 Å². The molecule has 0 radical (unpaired) electrons. The zero-order chi connectivity index (χ0) is 19.2. The van der Waals surface area contributed by atoms with Gasteiger partial charge >= 0.3 is 11.8 Å². The van der Waals surface area contributed by atoms with E-state index in [1.165, 1.54) is 32.8 Å². The van der Waals surface area contributed by atoms with Crippen molar-refractivity contribution in [2.24, 2.45) is 5.92 Å². The minimum absolute atomic E-state index is 0.00749. The number of carbonyl (C=O) groups excluding carboxylic acids is 2. The fourth-order valence-electron chi connectivity index (χ4n) is 3.53. The number of benzene rings is 1. The van der Waals surface area contributed by atoms with Crippen LogP contribution in [0.2, 0.25) is 0 Å². The first-order valence-electron chi connectivity index (χ1n) is 9.27. The molecular formula is C20H25N3O4. The van der Waals surface area contributed by atoms with Gasteiger partial charge in [0.05, 0.1) is 18.9 Å². The van der Waals surface area contributed by atoms with Crippen LogP contribution in [0.5, 0.6) is 5.75 Å². The maximum atomic E-state index is 12.3. The molecule has 2 aromatic rings. The fourth-order valence-corrected chi connectivity index (χ4v) is 3.53. The highest BCUT2D eigenvalue weighted by molar-refractivity contribution is 6.39. The van der Waals surface area contributed by atoms with Gasteiger partial charge in [0.15, 0.2) is 12.2 Å². The standard InChI is InChI=1S/C20H25N3O4/c1-13(14-6-4-3-5-7-14)22-19(24)20(25)23-15-8-9-16(17(10-15)26-2)18-11-21-12-27-18/h8-14H,3-7H2,1-2H3,(H,22,24)(H,23,25). The Balaban J connectivity index is 1.62. The van der Waals surface area contributed by atoms with Crippen molar-refractivity contribution in [2.75, 3.05) is 12.4 Å². The van der Waals surface area contributed by atoms with Crippen LogP contribution in [0, 0.1) is 5.92 Å². The Hall–Kier alpha value is -2.83. The van der Waals surface area contributed by atoms with E-state index in [4.69, 9.17) is 9.15 Å². The van der Waals surface area contributed by atoms with Gasteiger partial charge in [0, 0.05) is 17.8 Å². The molecule has 1 aliphatic carbocycles. The second-order valence-corrected chi connectivity index (χ2v) is 6.90. The number of ether oxygens (including phenoxy) is 1. The van der Waals surface area contributed by atoms with Crippen molar-refractivity contribution in [1.82, 2.24) is 10.3 Å². The summed E-state index contributed by atoms with van der Waals surface area (Å²) < 4.78 is 10.6. The van der Waals surface area contributed by atoms with Crippen molar-refractivity contribution in [1.29, 1.82) is 0 Å². The first-order chi connectivity index (χ1) is 13.1. The second-order valence-electron chi connectivity index (χ2n) is 6.90. The first-order valence-corrected chi connectivity index (χ1v) is 9.27. The van der Waals surface area contributed by atoms with Crippen LogP contribution < -0.4 is 15.4 Å². The van der Waals surface area contributed by atoms with Crippen molar-refractivity contribution < 1.29 is 18.7 Å².